The second-order valence-corrected chi connectivity index (χ2v) is 9.41. The van der Waals surface area contributed by atoms with E-state index in [4.69, 9.17) is 25.5 Å². The van der Waals surface area contributed by atoms with Crippen molar-refractivity contribution in [2.24, 2.45) is 0 Å². The Hall–Kier alpha value is -3.51. The summed E-state index contributed by atoms with van der Waals surface area (Å²) in [5.41, 5.74) is 1.68. The molecule has 37 heavy (non-hydrogen) atoms. The second kappa shape index (κ2) is 11.7. The molecule has 4 rings (SSSR count). The van der Waals surface area contributed by atoms with E-state index in [9.17, 15) is 14.4 Å². The van der Waals surface area contributed by atoms with Gasteiger partial charge in [-0.15, -0.1) is 0 Å². The largest absolute Gasteiger partial charge is 0.490 e. The van der Waals surface area contributed by atoms with Crippen LogP contribution in [0.3, 0.4) is 0 Å². The van der Waals surface area contributed by atoms with Gasteiger partial charge in [-0.05, 0) is 83.1 Å². The Morgan fingerprint density at radius 1 is 1.14 bits per heavy atom. The van der Waals surface area contributed by atoms with Crippen LogP contribution in [0.25, 0.3) is 6.08 Å². The van der Waals surface area contributed by atoms with Crippen LogP contribution in [0.15, 0.2) is 58.6 Å². The summed E-state index contributed by atoms with van der Waals surface area (Å²) in [6.07, 6.45) is 1.57. The molecule has 3 aromatic rings. The van der Waals surface area contributed by atoms with Crippen LogP contribution in [0.4, 0.5) is 4.79 Å². The van der Waals surface area contributed by atoms with Gasteiger partial charge in [0.05, 0.1) is 23.8 Å². The summed E-state index contributed by atoms with van der Waals surface area (Å²) >= 11 is 8.09. The quantitative estimate of drug-likeness (QED) is 0.145. The lowest BCUT2D eigenvalue weighted by atomic mass is 10.1. The minimum atomic E-state index is -0.649. The fourth-order valence-corrected chi connectivity index (χ4v) is 4.43. The van der Waals surface area contributed by atoms with Gasteiger partial charge in [0.25, 0.3) is 5.91 Å². The van der Waals surface area contributed by atoms with E-state index in [1.165, 1.54) is 19.2 Å². The van der Waals surface area contributed by atoms with E-state index >= 15 is 0 Å². The molecule has 0 bridgehead atoms. The second-order valence-electron chi connectivity index (χ2n) is 7.82. The van der Waals surface area contributed by atoms with E-state index in [1.54, 1.807) is 24.3 Å². The zero-order valence-corrected chi connectivity index (χ0v) is 22.8. The van der Waals surface area contributed by atoms with Gasteiger partial charge < -0.3 is 23.9 Å². The normalized spacial score (nSPS) is 14.2. The van der Waals surface area contributed by atoms with Gasteiger partial charge >= 0.3 is 12.0 Å². The summed E-state index contributed by atoms with van der Waals surface area (Å²) in [6, 6.07) is 13.3. The number of esters is 1. The van der Waals surface area contributed by atoms with E-state index in [0.717, 1.165) is 14.0 Å². The van der Waals surface area contributed by atoms with E-state index in [1.807, 2.05) is 25.1 Å². The molecule has 1 fully saturated rings. The zero-order chi connectivity index (χ0) is 26.5. The first-order valence-corrected chi connectivity index (χ1v) is 12.6. The molecule has 2 heterocycles. The molecule has 1 aromatic heterocycles. The average molecular weight is 637 g/mol. The maximum absolute atomic E-state index is 12.9. The third-order valence-corrected chi connectivity index (χ3v) is 6.32. The number of carbonyl (C=O) groups is 3. The van der Waals surface area contributed by atoms with Crippen LogP contribution in [0.1, 0.15) is 34.4 Å². The van der Waals surface area contributed by atoms with E-state index < -0.39 is 17.9 Å². The van der Waals surface area contributed by atoms with Crippen molar-refractivity contribution in [3.05, 3.63) is 85.5 Å². The molecule has 0 saturated carbocycles. The number of nitrogens with zero attached hydrogens (tertiary/aromatic N) is 1. The Kier molecular flexibility index (Phi) is 8.39. The number of imide groups is 1. The molecule has 11 heteroatoms. The molecule has 1 aliphatic heterocycles. The van der Waals surface area contributed by atoms with Crippen LogP contribution in [0, 0.1) is 3.57 Å². The number of furan rings is 1. The molecule has 0 unspecified atom stereocenters. The van der Waals surface area contributed by atoms with Crippen molar-refractivity contribution in [1.29, 1.82) is 0 Å². The number of amides is 3. The molecular weight excluding hydrogens is 615 g/mol. The molecule has 192 valence electrons. The number of ether oxygens (including phenoxy) is 3. The molecule has 2 aromatic carbocycles. The zero-order valence-electron chi connectivity index (χ0n) is 19.9. The number of hydrogen-bond donors (Lipinski definition) is 1. The van der Waals surface area contributed by atoms with Crippen LogP contribution in [0.2, 0.25) is 5.02 Å². The number of hydrogen-bond acceptors (Lipinski definition) is 7. The predicted octanol–water partition coefficient (Wildman–Crippen LogP) is 5.39. The fourth-order valence-electron chi connectivity index (χ4n) is 3.52. The third kappa shape index (κ3) is 6.25. The Bertz CT molecular complexity index is 1370. The topological polar surface area (TPSA) is 107 Å². The highest BCUT2D eigenvalue weighted by Gasteiger charge is 2.34. The molecule has 1 N–H and O–H groups in total. The fraction of sp³-hybridized carbons (Fsp3) is 0.192. The van der Waals surface area contributed by atoms with Crippen molar-refractivity contribution < 1.29 is 33.0 Å². The molecule has 3 amide bonds. The van der Waals surface area contributed by atoms with Crippen LogP contribution in [-0.4, -0.2) is 36.5 Å². The molecule has 0 radical (unpaired) electrons. The summed E-state index contributed by atoms with van der Waals surface area (Å²) in [6.45, 7) is 2.45. The van der Waals surface area contributed by atoms with E-state index in [0.29, 0.717) is 35.3 Å². The predicted molar refractivity (Wildman–Crippen MR) is 143 cm³/mol. The molecule has 0 aliphatic carbocycles. The van der Waals surface area contributed by atoms with Crippen molar-refractivity contribution in [2.75, 3.05) is 13.7 Å². The van der Waals surface area contributed by atoms with Gasteiger partial charge in [-0.25, -0.2) is 9.59 Å². The number of nitrogens with one attached hydrogen (secondary N) is 1. The van der Waals surface area contributed by atoms with E-state index in [-0.39, 0.29) is 23.8 Å². The number of methoxy groups -OCH3 is 1. The molecule has 0 atom stereocenters. The standard InChI is InChI=1S/C26H22ClIN2O7/c1-3-35-22-12-16(10-19(28)23(22)36-14-15-4-6-17(27)7-5-15)11-20-24(31)30(26(33)29-20)13-18-8-9-21(37-18)25(32)34-2/h4-12H,3,13-14H2,1-2H3,(H,29,33)/b20-11-. The van der Waals surface area contributed by atoms with Crippen molar-refractivity contribution >= 4 is 58.2 Å². The Morgan fingerprint density at radius 2 is 1.89 bits per heavy atom. The molecular formula is C26H22ClIN2O7. The van der Waals surface area contributed by atoms with Gasteiger partial charge in [0.2, 0.25) is 5.76 Å². The first-order chi connectivity index (χ1) is 17.8. The minimum absolute atomic E-state index is 0.0169. The molecule has 1 saturated heterocycles. The van der Waals surface area contributed by atoms with Crippen LogP contribution in [-0.2, 0) is 22.7 Å². The summed E-state index contributed by atoms with van der Waals surface area (Å²) in [7, 11) is 1.23. The number of rotatable bonds is 9. The van der Waals surface area contributed by atoms with Gasteiger partial charge in [-0.1, -0.05) is 23.7 Å². The summed E-state index contributed by atoms with van der Waals surface area (Å²) < 4.78 is 22.6. The number of halogens is 2. The van der Waals surface area contributed by atoms with Gasteiger partial charge in [-0.2, -0.15) is 0 Å². The number of carbonyl (C=O) groups excluding carboxylic acids is 3. The highest BCUT2D eigenvalue weighted by Crippen LogP contribution is 2.36. The van der Waals surface area contributed by atoms with Crippen molar-refractivity contribution in [3.63, 3.8) is 0 Å². The first-order valence-electron chi connectivity index (χ1n) is 11.1. The lowest BCUT2D eigenvalue weighted by molar-refractivity contribution is -0.123. The van der Waals surface area contributed by atoms with Crippen LogP contribution in [0.5, 0.6) is 11.5 Å². The highest BCUT2D eigenvalue weighted by molar-refractivity contribution is 14.1. The van der Waals surface area contributed by atoms with Gasteiger partial charge in [0.1, 0.15) is 18.1 Å². The molecule has 1 aliphatic rings. The van der Waals surface area contributed by atoms with Gasteiger partial charge in [-0.3, -0.25) is 9.69 Å². The Morgan fingerprint density at radius 3 is 2.59 bits per heavy atom. The van der Waals surface area contributed by atoms with Crippen LogP contribution < -0.4 is 14.8 Å². The maximum atomic E-state index is 12.9. The van der Waals surface area contributed by atoms with Gasteiger partial charge in [0, 0.05) is 5.02 Å². The SMILES string of the molecule is CCOc1cc(/C=C2\NC(=O)N(Cc3ccc(C(=O)OC)o3)C2=O)cc(I)c1OCc1ccc(Cl)cc1. The van der Waals surface area contributed by atoms with Crippen molar-refractivity contribution in [3.8, 4) is 11.5 Å². The van der Waals surface area contributed by atoms with Gasteiger partial charge in [0.15, 0.2) is 11.5 Å². The third-order valence-electron chi connectivity index (χ3n) is 5.26. The first kappa shape index (κ1) is 26.6. The lowest BCUT2D eigenvalue weighted by Gasteiger charge is -2.15. The Labute approximate surface area is 231 Å². The number of benzene rings is 2. The summed E-state index contributed by atoms with van der Waals surface area (Å²) in [5, 5.41) is 3.23. The molecule has 9 nitrogen and oxygen atoms in total. The highest BCUT2D eigenvalue weighted by atomic mass is 127. The average Bonchev–Trinajstić information content (AvgIpc) is 3.45. The van der Waals surface area contributed by atoms with E-state index in [2.05, 4.69) is 32.6 Å². The van der Waals surface area contributed by atoms with Crippen molar-refractivity contribution in [1.82, 2.24) is 10.2 Å². The summed E-state index contributed by atoms with van der Waals surface area (Å²) in [4.78, 5) is 38.0. The van der Waals surface area contributed by atoms with Crippen LogP contribution >= 0.6 is 34.2 Å². The maximum Gasteiger partial charge on any atom is 0.373 e. The Balaban J connectivity index is 1.52. The lowest BCUT2D eigenvalue weighted by Crippen LogP contribution is -2.30. The number of urea groups is 1. The van der Waals surface area contributed by atoms with Crippen molar-refractivity contribution in [2.45, 2.75) is 20.1 Å². The minimum Gasteiger partial charge on any atom is -0.490 e. The molecule has 0 spiro atoms. The monoisotopic (exact) mass is 636 g/mol. The smallest absolute Gasteiger partial charge is 0.373 e. The summed E-state index contributed by atoms with van der Waals surface area (Å²) in [5.74, 6) is 0.149.